The van der Waals surface area contributed by atoms with E-state index in [0.717, 1.165) is 21.9 Å². The van der Waals surface area contributed by atoms with Crippen LogP contribution in [0.4, 0.5) is 0 Å². The number of rotatable bonds is 6. The summed E-state index contributed by atoms with van der Waals surface area (Å²) in [5.41, 5.74) is 2.38. The maximum absolute atomic E-state index is 12.5. The predicted molar refractivity (Wildman–Crippen MR) is 124 cm³/mol. The van der Waals surface area contributed by atoms with Crippen molar-refractivity contribution in [3.05, 3.63) is 47.5 Å². The third-order valence-electron chi connectivity index (χ3n) is 5.64. The van der Waals surface area contributed by atoms with Crippen LogP contribution in [-0.4, -0.2) is 32.1 Å². The van der Waals surface area contributed by atoms with E-state index in [-0.39, 0.29) is 26.0 Å². The Morgan fingerprint density at radius 1 is 1.00 bits per heavy atom. The van der Waals surface area contributed by atoms with Gasteiger partial charge in [-0.15, -0.1) is 0 Å². The molecule has 0 saturated carbocycles. The van der Waals surface area contributed by atoms with Crippen molar-refractivity contribution in [1.82, 2.24) is 0 Å². The first-order chi connectivity index (χ1) is 15.8. The molecular weight excluding hydrogens is 424 g/mol. The molecule has 0 bridgehead atoms. The minimum absolute atomic E-state index is 0.0139. The Hall–Kier alpha value is -3.45. The summed E-state index contributed by atoms with van der Waals surface area (Å²) in [6.45, 7) is 5.37. The summed E-state index contributed by atoms with van der Waals surface area (Å²) in [7, 11) is 3.16. The van der Waals surface area contributed by atoms with Gasteiger partial charge in [0.2, 0.25) is 6.79 Å². The molecule has 174 valence electrons. The van der Waals surface area contributed by atoms with Gasteiger partial charge in [0.15, 0.2) is 23.0 Å². The van der Waals surface area contributed by atoms with Crippen LogP contribution >= 0.6 is 0 Å². The number of fused-ring (bicyclic) bond motifs is 2. The first-order valence-corrected chi connectivity index (χ1v) is 10.7. The topological polar surface area (TPSA) is 83.5 Å². The molecule has 1 N–H and O–H groups in total. The molecule has 0 radical (unpaired) electrons. The summed E-state index contributed by atoms with van der Waals surface area (Å²) in [6, 6.07) is 11.3. The lowest BCUT2D eigenvalue weighted by atomic mass is 9.89. The normalized spacial score (nSPS) is 12.7. The average Bonchev–Trinajstić information content (AvgIpc) is 3.27. The van der Waals surface area contributed by atoms with Crippen molar-refractivity contribution in [2.24, 2.45) is 5.41 Å². The number of aliphatic hydroxyl groups is 1. The zero-order valence-corrected chi connectivity index (χ0v) is 19.5. The molecule has 7 nitrogen and oxygen atoms in total. The molecule has 4 rings (SSSR count). The predicted octanol–water partition coefficient (Wildman–Crippen LogP) is 4.83. The van der Waals surface area contributed by atoms with E-state index in [1.54, 1.807) is 35.0 Å². The highest BCUT2D eigenvalue weighted by molar-refractivity contribution is 6.01. The van der Waals surface area contributed by atoms with Crippen molar-refractivity contribution in [2.75, 3.05) is 21.0 Å². The minimum atomic E-state index is -0.647. The van der Waals surface area contributed by atoms with Gasteiger partial charge in [0, 0.05) is 5.56 Å². The van der Waals surface area contributed by atoms with Crippen LogP contribution in [0.15, 0.2) is 36.4 Å². The Labute approximate surface area is 192 Å². The van der Waals surface area contributed by atoms with Gasteiger partial charge in [0.1, 0.15) is 6.61 Å². The van der Waals surface area contributed by atoms with Gasteiger partial charge in [-0.05, 0) is 78.6 Å². The van der Waals surface area contributed by atoms with Crippen LogP contribution in [0.2, 0.25) is 0 Å². The van der Waals surface area contributed by atoms with Crippen molar-refractivity contribution in [3.8, 4) is 34.1 Å². The highest BCUT2D eigenvalue weighted by Gasteiger charge is 2.25. The van der Waals surface area contributed by atoms with Crippen LogP contribution in [0.1, 0.15) is 31.9 Å². The van der Waals surface area contributed by atoms with E-state index in [2.05, 4.69) is 0 Å². The fourth-order valence-corrected chi connectivity index (χ4v) is 3.87. The molecule has 0 fully saturated rings. The molecular formula is C26H28O7. The van der Waals surface area contributed by atoms with E-state index in [0.29, 0.717) is 34.1 Å². The molecule has 0 saturated heterocycles. The van der Waals surface area contributed by atoms with Crippen LogP contribution in [0.25, 0.3) is 21.9 Å². The molecule has 1 aliphatic rings. The Morgan fingerprint density at radius 2 is 1.70 bits per heavy atom. The molecule has 0 aliphatic carbocycles. The van der Waals surface area contributed by atoms with Crippen molar-refractivity contribution in [1.29, 1.82) is 0 Å². The molecule has 0 aromatic heterocycles. The molecule has 1 heterocycles. The zero-order valence-electron chi connectivity index (χ0n) is 19.5. The SMILES string of the molecule is COc1cc2cc(CO)c(COC(=O)C(C)(C)C)c(-c3ccc4c(c3)OCO4)c2cc1OC. The third-order valence-corrected chi connectivity index (χ3v) is 5.64. The second-order valence-electron chi connectivity index (χ2n) is 8.87. The van der Waals surface area contributed by atoms with Crippen LogP contribution in [0.3, 0.4) is 0 Å². The van der Waals surface area contributed by atoms with E-state index in [1.807, 2.05) is 36.4 Å². The first kappa shape index (κ1) is 22.7. The standard InChI is InChI=1S/C26H28O7/c1-26(2,3)25(28)31-13-19-17(12-27)8-16-10-21(29-4)22(30-5)11-18(16)24(19)15-6-7-20-23(9-15)33-14-32-20/h6-11,27H,12-14H2,1-5H3. The van der Waals surface area contributed by atoms with Crippen LogP contribution in [0, 0.1) is 5.41 Å². The van der Waals surface area contributed by atoms with Gasteiger partial charge in [-0.1, -0.05) is 6.07 Å². The third kappa shape index (κ3) is 4.28. The Kier molecular flexibility index (Phi) is 6.08. The maximum Gasteiger partial charge on any atom is 0.311 e. The van der Waals surface area contributed by atoms with Gasteiger partial charge in [-0.2, -0.15) is 0 Å². The van der Waals surface area contributed by atoms with Crippen molar-refractivity contribution < 1.29 is 33.6 Å². The molecule has 3 aromatic carbocycles. The average molecular weight is 453 g/mol. The van der Waals surface area contributed by atoms with Gasteiger partial charge in [0.05, 0.1) is 26.2 Å². The number of methoxy groups -OCH3 is 2. The van der Waals surface area contributed by atoms with Gasteiger partial charge < -0.3 is 28.8 Å². The summed E-state index contributed by atoms with van der Waals surface area (Å²) in [6.07, 6.45) is 0. The molecule has 3 aromatic rings. The smallest absolute Gasteiger partial charge is 0.311 e. The summed E-state index contributed by atoms with van der Waals surface area (Å²) in [4.78, 5) is 12.5. The molecule has 0 spiro atoms. The van der Waals surface area contributed by atoms with E-state index < -0.39 is 5.41 Å². The number of carbonyl (C=O) groups excluding carboxylic acids is 1. The monoisotopic (exact) mass is 452 g/mol. The highest BCUT2D eigenvalue weighted by atomic mass is 16.7. The molecule has 0 unspecified atom stereocenters. The molecule has 33 heavy (non-hydrogen) atoms. The van der Waals surface area contributed by atoms with Crippen LogP contribution in [-0.2, 0) is 22.7 Å². The lowest BCUT2D eigenvalue weighted by Crippen LogP contribution is -2.23. The van der Waals surface area contributed by atoms with Gasteiger partial charge in [0.25, 0.3) is 0 Å². The second-order valence-corrected chi connectivity index (χ2v) is 8.87. The minimum Gasteiger partial charge on any atom is -0.493 e. The number of aliphatic hydroxyl groups excluding tert-OH is 1. The first-order valence-electron chi connectivity index (χ1n) is 10.7. The summed E-state index contributed by atoms with van der Waals surface area (Å²) in [5, 5.41) is 11.9. The quantitative estimate of drug-likeness (QED) is 0.536. The van der Waals surface area contributed by atoms with E-state index in [1.165, 1.54) is 0 Å². The van der Waals surface area contributed by atoms with Gasteiger partial charge in [-0.25, -0.2) is 0 Å². The van der Waals surface area contributed by atoms with Crippen molar-refractivity contribution in [3.63, 3.8) is 0 Å². The largest absolute Gasteiger partial charge is 0.493 e. The van der Waals surface area contributed by atoms with Gasteiger partial charge in [-0.3, -0.25) is 4.79 Å². The van der Waals surface area contributed by atoms with Crippen molar-refractivity contribution in [2.45, 2.75) is 34.0 Å². The number of carbonyl (C=O) groups is 1. The lowest BCUT2D eigenvalue weighted by molar-refractivity contribution is -0.154. The zero-order chi connectivity index (χ0) is 23.8. The second kappa shape index (κ2) is 8.83. The number of ether oxygens (including phenoxy) is 5. The Balaban J connectivity index is 1.97. The summed E-state index contributed by atoms with van der Waals surface area (Å²) in [5.74, 6) is 2.13. The highest BCUT2D eigenvalue weighted by Crippen LogP contribution is 2.43. The van der Waals surface area contributed by atoms with E-state index >= 15 is 0 Å². The fraction of sp³-hybridized carbons (Fsp3) is 0.346. The molecule has 7 heteroatoms. The summed E-state index contributed by atoms with van der Waals surface area (Å²) >= 11 is 0. The van der Waals surface area contributed by atoms with Crippen molar-refractivity contribution >= 4 is 16.7 Å². The summed E-state index contributed by atoms with van der Waals surface area (Å²) < 4.78 is 27.8. The van der Waals surface area contributed by atoms with E-state index in [4.69, 9.17) is 23.7 Å². The lowest BCUT2D eigenvalue weighted by Gasteiger charge is -2.21. The molecule has 0 amide bonds. The maximum atomic E-state index is 12.5. The molecule has 0 atom stereocenters. The number of esters is 1. The Morgan fingerprint density at radius 3 is 2.36 bits per heavy atom. The van der Waals surface area contributed by atoms with Gasteiger partial charge >= 0.3 is 5.97 Å². The molecule has 1 aliphatic heterocycles. The number of hydrogen-bond acceptors (Lipinski definition) is 7. The van der Waals surface area contributed by atoms with E-state index in [9.17, 15) is 9.90 Å². The number of benzene rings is 3. The Bertz CT molecular complexity index is 1210. The number of hydrogen-bond donors (Lipinski definition) is 1. The fourth-order valence-electron chi connectivity index (χ4n) is 3.87. The van der Waals surface area contributed by atoms with Crippen LogP contribution < -0.4 is 18.9 Å². The van der Waals surface area contributed by atoms with Crippen LogP contribution in [0.5, 0.6) is 23.0 Å².